The lowest BCUT2D eigenvalue weighted by atomic mass is 10.1. The number of carboxylic acid groups (broad SMARTS) is 1. The highest BCUT2D eigenvalue weighted by Gasteiger charge is 2.36. The summed E-state index contributed by atoms with van der Waals surface area (Å²) in [6, 6.07) is -2.50. The molecule has 0 bridgehead atoms. The van der Waals surface area contributed by atoms with Crippen LogP contribution in [0.1, 0.15) is 12.8 Å². The minimum absolute atomic E-state index is 0.0160. The largest absolute Gasteiger partial charge is 0.480 e. The van der Waals surface area contributed by atoms with Gasteiger partial charge in [-0.25, -0.2) is 4.79 Å². The second kappa shape index (κ2) is 7.75. The summed E-state index contributed by atoms with van der Waals surface area (Å²) in [5, 5.41) is 11.3. The van der Waals surface area contributed by atoms with E-state index in [4.69, 9.17) is 10.8 Å². The molecule has 1 heterocycles. The lowest BCUT2D eigenvalue weighted by molar-refractivity contribution is -0.143. The first-order valence-electron chi connectivity index (χ1n) is 6.23. The fraction of sp³-hybridized carbons (Fsp3) is 0.727. The highest BCUT2D eigenvalue weighted by molar-refractivity contribution is 7.80. The maximum absolute atomic E-state index is 12.1. The van der Waals surface area contributed by atoms with E-state index in [0.717, 1.165) is 0 Å². The van der Waals surface area contributed by atoms with Crippen molar-refractivity contribution < 1.29 is 19.5 Å². The number of hydrogen-bond acceptors (Lipinski definition) is 6. The number of amides is 2. The van der Waals surface area contributed by atoms with Crippen molar-refractivity contribution in [2.75, 3.05) is 18.1 Å². The van der Waals surface area contributed by atoms with Crippen LogP contribution in [0.15, 0.2) is 0 Å². The first-order valence-corrected chi connectivity index (χ1v) is 7.49. The molecule has 7 nitrogen and oxygen atoms in total. The maximum atomic E-state index is 12.1. The van der Waals surface area contributed by atoms with Gasteiger partial charge in [0.05, 0.1) is 6.04 Å². The molecule has 1 aliphatic rings. The van der Waals surface area contributed by atoms with E-state index in [9.17, 15) is 14.4 Å². The van der Waals surface area contributed by atoms with Gasteiger partial charge in [-0.15, -0.1) is 0 Å². The van der Waals surface area contributed by atoms with E-state index in [0.29, 0.717) is 19.4 Å². The summed E-state index contributed by atoms with van der Waals surface area (Å²) in [4.78, 5) is 36.4. The number of rotatable bonds is 6. The number of likely N-dealkylation sites (tertiary alicyclic amines) is 1. The molecule has 20 heavy (non-hydrogen) atoms. The molecule has 1 saturated heterocycles. The average Bonchev–Trinajstić information content (AvgIpc) is 2.91. The van der Waals surface area contributed by atoms with Crippen molar-refractivity contribution in [1.29, 1.82) is 0 Å². The molecule has 0 aromatic heterocycles. The highest BCUT2D eigenvalue weighted by Crippen LogP contribution is 2.18. The minimum Gasteiger partial charge on any atom is -0.480 e. The third-order valence-corrected chi connectivity index (χ3v) is 3.91. The molecule has 4 N–H and O–H groups in total. The van der Waals surface area contributed by atoms with Crippen molar-refractivity contribution in [3.63, 3.8) is 0 Å². The molecule has 0 aromatic carbocycles. The van der Waals surface area contributed by atoms with Gasteiger partial charge in [0.15, 0.2) is 0 Å². The molecule has 1 fully saturated rings. The molecule has 0 spiro atoms. The van der Waals surface area contributed by atoms with Crippen LogP contribution in [-0.2, 0) is 14.4 Å². The third kappa shape index (κ3) is 4.03. The van der Waals surface area contributed by atoms with E-state index in [2.05, 4.69) is 30.6 Å². The predicted octanol–water partition coefficient (Wildman–Crippen LogP) is -1.27. The Bertz CT molecular complexity index is 394. The molecule has 1 aliphatic heterocycles. The Morgan fingerprint density at radius 2 is 2.00 bits per heavy atom. The fourth-order valence-electron chi connectivity index (χ4n) is 2.05. The zero-order chi connectivity index (χ0) is 15.3. The van der Waals surface area contributed by atoms with E-state index in [1.807, 2.05) is 0 Å². The summed E-state index contributed by atoms with van der Waals surface area (Å²) >= 11 is 7.84. The SMILES string of the molecule is NC(CS)C(=O)N1CCCC1C(=O)NC(CS)C(=O)O. The summed E-state index contributed by atoms with van der Waals surface area (Å²) in [6.45, 7) is 0.441. The maximum Gasteiger partial charge on any atom is 0.327 e. The zero-order valence-electron chi connectivity index (χ0n) is 10.9. The van der Waals surface area contributed by atoms with Crippen molar-refractivity contribution >= 4 is 43.0 Å². The summed E-state index contributed by atoms with van der Waals surface area (Å²) in [6.07, 6.45) is 1.18. The van der Waals surface area contributed by atoms with Crippen LogP contribution in [0.25, 0.3) is 0 Å². The Morgan fingerprint density at radius 3 is 2.50 bits per heavy atom. The van der Waals surface area contributed by atoms with Gasteiger partial charge >= 0.3 is 5.97 Å². The molecule has 114 valence electrons. The van der Waals surface area contributed by atoms with Crippen LogP contribution in [-0.4, -0.2) is 64.0 Å². The third-order valence-electron chi connectivity index (χ3n) is 3.15. The molecule has 3 atom stereocenters. The van der Waals surface area contributed by atoms with Crippen LogP contribution >= 0.6 is 25.3 Å². The normalized spacial score (nSPS) is 21.4. The molecular formula is C11H19N3O4S2. The number of nitrogens with zero attached hydrogens (tertiary/aromatic N) is 1. The van der Waals surface area contributed by atoms with Gasteiger partial charge in [0, 0.05) is 18.1 Å². The van der Waals surface area contributed by atoms with Gasteiger partial charge in [0.25, 0.3) is 0 Å². The number of nitrogens with two attached hydrogens (primary N) is 1. The van der Waals surface area contributed by atoms with Gasteiger partial charge in [0.1, 0.15) is 12.1 Å². The van der Waals surface area contributed by atoms with Crippen LogP contribution in [0.5, 0.6) is 0 Å². The van der Waals surface area contributed by atoms with Crippen LogP contribution in [0.2, 0.25) is 0 Å². The quantitative estimate of drug-likeness (QED) is 0.392. The van der Waals surface area contributed by atoms with Crippen molar-refractivity contribution in [3.05, 3.63) is 0 Å². The van der Waals surface area contributed by atoms with Gasteiger partial charge in [-0.3, -0.25) is 9.59 Å². The van der Waals surface area contributed by atoms with Gasteiger partial charge in [-0.05, 0) is 12.8 Å². The molecule has 0 radical (unpaired) electrons. The molecule has 0 aromatic rings. The number of aliphatic carboxylic acids is 1. The molecule has 0 aliphatic carbocycles. The van der Waals surface area contributed by atoms with Crippen molar-refractivity contribution in [3.8, 4) is 0 Å². The predicted molar refractivity (Wildman–Crippen MR) is 80.0 cm³/mol. The van der Waals surface area contributed by atoms with Crippen molar-refractivity contribution in [2.45, 2.75) is 31.0 Å². The van der Waals surface area contributed by atoms with Gasteiger partial charge in [0.2, 0.25) is 11.8 Å². The Labute approximate surface area is 128 Å². The van der Waals surface area contributed by atoms with Crippen LogP contribution < -0.4 is 11.1 Å². The summed E-state index contributed by atoms with van der Waals surface area (Å²) in [5.74, 6) is -1.80. The van der Waals surface area contributed by atoms with E-state index < -0.39 is 30.0 Å². The summed E-state index contributed by atoms with van der Waals surface area (Å²) in [5.41, 5.74) is 5.63. The Kier molecular flexibility index (Phi) is 6.63. The van der Waals surface area contributed by atoms with Crippen LogP contribution in [0, 0.1) is 0 Å². The van der Waals surface area contributed by atoms with Crippen LogP contribution in [0.4, 0.5) is 0 Å². The smallest absolute Gasteiger partial charge is 0.327 e. The molecule has 1 rings (SSSR count). The number of thiol groups is 2. The lowest BCUT2D eigenvalue weighted by Gasteiger charge is -2.27. The second-order valence-electron chi connectivity index (χ2n) is 4.56. The molecule has 9 heteroatoms. The molecule has 2 amide bonds. The van der Waals surface area contributed by atoms with Crippen molar-refractivity contribution in [2.24, 2.45) is 5.73 Å². The standard InChI is InChI=1S/C11H19N3O4S2/c12-6(4-19)10(16)14-3-1-2-8(14)9(15)13-7(5-20)11(17)18/h6-8,19-20H,1-5,12H2,(H,13,15)(H,17,18). The lowest BCUT2D eigenvalue weighted by Crippen LogP contribution is -2.54. The molecular weight excluding hydrogens is 302 g/mol. The highest BCUT2D eigenvalue weighted by atomic mass is 32.1. The number of carbonyl (C=O) groups is 3. The fourth-order valence-corrected chi connectivity index (χ4v) is 2.45. The number of carbonyl (C=O) groups excluding carboxylic acids is 2. The van der Waals surface area contributed by atoms with Crippen LogP contribution in [0.3, 0.4) is 0 Å². The Balaban J connectivity index is 2.71. The summed E-state index contributed by atoms with van der Waals surface area (Å²) in [7, 11) is 0. The van der Waals surface area contributed by atoms with E-state index in [-0.39, 0.29) is 17.4 Å². The first kappa shape index (κ1) is 17.1. The number of hydrogen-bond donors (Lipinski definition) is 5. The van der Waals surface area contributed by atoms with Crippen molar-refractivity contribution in [1.82, 2.24) is 10.2 Å². The molecule has 3 unspecified atom stereocenters. The Hall–Kier alpha value is -0.930. The number of nitrogens with one attached hydrogen (secondary N) is 1. The van der Waals surface area contributed by atoms with Gasteiger partial charge in [-0.1, -0.05) is 0 Å². The number of carboxylic acids is 1. The Morgan fingerprint density at radius 1 is 1.35 bits per heavy atom. The average molecular weight is 321 g/mol. The van der Waals surface area contributed by atoms with E-state index >= 15 is 0 Å². The topological polar surface area (TPSA) is 113 Å². The van der Waals surface area contributed by atoms with E-state index in [1.165, 1.54) is 4.90 Å². The zero-order valence-corrected chi connectivity index (χ0v) is 12.6. The monoisotopic (exact) mass is 321 g/mol. The van der Waals surface area contributed by atoms with E-state index in [1.54, 1.807) is 0 Å². The molecule has 0 saturated carbocycles. The van der Waals surface area contributed by atoms with Gasteiger partial charge < -0.3 is 21.1 Å². The minimum atomic E-state index is -1.16. The van der Waals surface area contributed by atoms with Gasteiger partial charge in [-0.2, -0.15) is 25.3 Å². The summed E-state index contributed by atoms with van der Waals surface area (Å²) < 4.78 is 0. The first-order chi connectivity index (χ1) is 9.42. The second-order valence-corrected chi connectivity index (χ2v) is 5.29.